The molecule has 0 amide bonds. The Morgan fingerprint density at radius 3 is 2.67 bits per heavy atom. The first-order valence-electron chi connectivity index (χ1n) is 7.09. The van der Waals surface area contributed by atoms with Gasteiger partial charge in [-0.15, -0.1) is 0 Å². The highest BCUT2D eigenvalue weighted by Gasteiger charge is 2.24. The van der Waals surface area contributed by atoms with Gasteiger partial charge in [0.15, 0.2) is 11.5 Å². The van der Waals surface area contributed by atoms with Crippen molar-refractivity contribution in [2.24, 2.45) is 0 Å². The third-order valence-electron chi connectivity index (χ3n) is 3.95. The van der Waals surface area contributed by atoms with Crippen LogP contribution < -0.4 is 14.8 Å². The van der Waals surface area contributed by atoms with E-state index in [4.69, 9.17) is 9.47 Å². The lowest BCUT2D eigenvalue weighted by atomic mass is 10.1. The molecule has 0 saturated carbocycles. The molecule has 2 aliphatic rings. The van der Waals surface area contributed by atoms with Crippen molar-refractivity contribution in [2.45, 2.75) is 25.4 Å². The van der Waals surface area contributed by atoms with Crippen LogP contribution in [0, 0.1) is 0 Å². The van der Waals surface area contributed by atoms with Gasteiger partial charge in [-0.1, -0.05) is 6.07 Å². The van der Waals surface area contributed by atoms with Gasteiger partial charge in [-0.2, -0.15) is 0 Å². The zero-order valence-corrected chi connectivity index (χ0v) is 12.9. The largest absolute Gasteiger partial charge is 0.454 e. The highest BCUT2D eigenvalue weighted by molar-refractivity contribution is 7.88. The fourth-order valence-electron chi connectivity index (χ4n) is 2.70. The summed E-state index contributed by atoms with van der Waals surface area (Å²) in [5, 5.41) is 3.48. The Hall–Kier alpha value is -1.31. The van der Waals surface area contributed by atoms with Crippen molar-refractivity contribution in [1.29, 1.82) is 0 Å². The van der Waals surface area contributed by atoms with Crippen molar-refractivity contribution in [3.8, 4) is 11.5 Å². The van der Waals surface area contributed by atoms with Crippen LogP contribution in [-0.2, 0) is 16.6 Å². The average molecular weight is 312 g/mol. The Labute approximate surface area is 125 Å². The SMILES string of the molecule is CS(=O)(=O)N1CCC(NCc2ccc3c(c2)OCO3)CC1. The van der Waals surface area contributed by atoms with E-state index in [2.05, 4.69) is 5.32 Å². The molecule has 6 nitrogen and oxygen atoms in total. The predicted octanol–water partition coefficient (Wildman–Crippen LogP) is 0.929. The van der Waals surface area contributed by atoms with Crippen LogP contribution >= 0.6 is 0 Å². The quantitative estimate of drug-likeness (QED) is 0.896. The van der Waals surface area contributed by atoms with Crippen LogP contribution in [0.4, 0.5) is 0 Å². The molecular formula is C14H20N2O4S. The fourth-order valence-corrected chi connectivity index (χ4v) is 3.58. The predicted molar refractivity (Wildman–Crippen MR) is 78.8 cm³/mol. The molecule has 7 heteroatoms. The summed E-state index contributed by atoms with van der Waals surface area (Å²) >= 11 is 0. The summed E-state index contributed by atoms with van der Waals surface area (Å²) in [5.74, 6) is 1.58. The van der Waals surface area contributed by atoms with Crippen molar-refractivity contribution in [1.82, 2.24) is 9.62 Å². The van der Waals surface area contributed by atoms with Crippen molar-refractivity contribution in [2.75, 3.05) is 26.1 Å². The molecule has 3 rings (SSSR count). The van der Waals surface area contributed by atoms with Crippen LogP contribution in [0.25, 0.3) is 0 Å². The number of piperidine rings is 1. The molecule has 0 spiro atoms. The van der Waals surface area contributed by atoms with Crippen LogP contribution in [-0.4, -0.2) is 44.9 Å². The highest BCUT2D eigenvalue weighted by Crippen LogP contribution is 2.32. The molecule has 1 fully saturated rings. The molecule has 1 aromatic rings. The number of hydrogen-bond acceptors (Lipinski definition) is 5. The van der Waals surface area contributed by atoms with Crippen LogP contribution in [0.1, 0.15) is 18.4 Å². The summed E-state index contributed by atoms with van der Waals surface area (Å²) in [6.07, 6.45) is 2.96. The molecule has 2 heterocycles. The van der Waals surface area contributed by atoms with Gasteiger partial charge in [0.2, 0.25) is 16.8 Å². The second-order valence-corrected chi connectivity index (χ2v) is 7.49. The summed E-state index contributed by atoms with van der Waals surface area (Å²) in [5.41, 5.74) is 1.14. The molecule has 0 unspecified atom stereocenters. The lowest BCUT2D eigenvalue weighted by molar-refractivity contribution is 0.174. The topological polar surface area (TPSA) is 67.9 Å². The number of ether oxygens (including phenoxy) is 2. The molecule has 0 aliphatic carbocycles. The minimum absolute atomic E-state index is 0.288. The van der Waals surface area contributed by atoms with Crippen molar-refractivity contribution >= 4 is 10.0 Å². The van der Waals surface area contributed by atoms with Crippen LogP contribution in [0.5, 0.6) is 11.5 Å². The molecule has 0 aromatic heterocycles. The third kappa shape index (κ3) is 3.48. The van der Waals surface area contributed by atoms with Gasteiger partial charge < -0.3 is 14.8 Å². The van der Waals surface area contributed by atoms with Crippen molar-refractivity contribution in [3.63, 3.8) is 0 Å². The fraction of sp³-hybridized carbons (Fsp3) is 0.571. The van der Waals surface area contributed by atoms with Gasteiger partial charge in [-0.05, 0) is 30.5 Å². The molecule has 0 atom stereocenters. The Kier molecular flexibility index (Phi) is 4.05. The number of rotatable bonds is 4. The van der Waals surface area contributed by atoms with Gasteiger partial charge in [-0.3, -0.25) is 0 Å². The second-order valence-electron chi connectivity index (χ2n) is 5.50. The number of sulfonamides is 1. The van der Waals surface area contributed by atoms with E-state index < -0.39 is 10.0 Å². The summed E-state index contributed by atoms with van der Waals surface area (Å²) < 4.78 is 35.1. The maximum Gasteiger partial charge on any atom is 0.231 e. The van der Waals surface area contributed by atoms with E-state index in [0.717, 1.165) is 36.4 Å². The minimum atomic E-state index is -3.05. The van der Waals surface area contributed by atoms with E-state index in [1.165, 1.54) is 6.26 Å². The van der Waals surface area contributed by atoms with E-state index in [9.17, 15) is 8.42 Å². The van der Waals surface area contributed by atoms with Gasteiger partial charge >= 0.3 is 0 Å². The highest BCUT2D eigenvalue weighted by atomic mass is 32.2. The lowest BCUT2D eigenvalue weighted by Gasteiger charge is -2.30. The normalized spacial score (nSPS) is 19.9. The summed E-state index contributed by atoms with van der Waals surface area (Å²) in [4.78, 5) is 0. The van der Waals surface area contributed by atoms with Gasteiger partial charge in [-0.25, -0.2) is 12.7 Å². The first-order chi connectivity index (χ1) is 10.0. The van der Waals surface area contributed by atoms with E-state index in [1.54, 1.807) is 4.31 Å². The van der Waals surface area contributed by atoms with E-state index in [-0.39, 0.29) is 6.79 Å². The first-order valence-corrected chi connectivity index (χ1v) is 8.94. The molecule has 2 aliphatic heterocycles. The van der Waals surface area contributed by atoms with E-state index >= 15 is 0 Å². The van der Waals surface area contributed by atoms with Crippen molar-refractivity contribution < 1.29 is 17.9 Å². The Morgan fingerprint density at radius 1 is 1.24 bits per heavy atom. The maximum absolute atomic E-state index is 11.5. The Morgan fingerprint density at radius 2 is 1.95 bits per heavy atom. The zero-order chi connectivity index (χ0) is 14.9. The number of nitrogens with one attached hydrogen (secondary N) is 1. The molecule has 116 valence electrons. The summed E-state index contributed by atoms with van der Waals surface area (Å²) in [6, 6.07) is 6.28. The number of benzene rings is 1. The average Bonchev–Trinajstić information content (AvgIpc) is 2.92. The Balaban J connectivity index is 1.50. The second kappa shape index (κ2) is 5.82. The number of fused-ring (bicyclic) bond motifs is 1. The maximum atomic E-state index is 11.5. The van der Waals surface area contributed by atoms with Crippen LogP contribution in [0.2, 0.25) is 0 Å². The molecule has 1 N–H and O–H groups in total. The van der Waals surface area contributed by atoms with E-state index in [0.29, 0.717) is 19.1 Å². The minimum Gasteiger partial charge on any atom is -0.454 e. The summed E-state index contributed by atoms with van der Waals surface area (Å²) in [7, 11) is -3.05. The smallest absolute Gasteiger partial charge is 0.231 e. The number of hydrogen-bond donors (Lipinski definition) is 1. The molecular weight excluding hydrogens is 292 g/mol. The summed E-state index contributed by atoms with van der Waals surface area (Å²) in [6.45, 7) is 2.23. The standard InChI is InChI=1S/C14H20N2O4S/c1-21(17,18)16-6-4-12(5-7-16)15-9-11-2-3-13-14(8-11)20-10-19-13/h2-3,8,12,15H,4-7,9-10H2,1H3. The lowest BCUT2D eigenvalue weighted by Crippen LogP contribution is -2.44. The van der Waals surface area contributed by atoms with Gasteiger partial charge in [0, 0.05) is 25.7 Å². The van der Waals surface area contributed by atoms with Gasteiger partial charge in [0.25, 0.3) is 0 Å². The first kappa shape index (κ1) is 14.6. The third-order valence-corrected chi connectivity index (χ3v) is 5.26. The molecule has 21 heavy (non-hydrogen) atoms. The monoisotopic (exact) mass is 312 g/mol. The zero-order valence-electron chi connectivity index (χ0n) is 12.0. The molecule has 1 saturated heterocycles. The molecule has 0 bridgehead atoms. The number of nitrogens with zero attached hydrogens (tertiary/aromatic N) is 1. The molecule has 0 radical (unpaired) electrons. The van der Waals surface area contributed by atoms with Crippen LogP contribution in [0.3, 0.4) is 0 Å². The van der Waals surface area contributed by atoms with Crippen LogP contribution in [0.15, 0.2) is 18.2 Å². The van der Waals surface area contributed by atoms with E-state index in [1.807, 2.05) is 18.2 Å². The van der Waals surface area contributed by atoms with Gasteiger partial charge in [0.05, 0.1) is 6.26 Å². The van der Waals surface area contributed by atoms with Gasteiger partial charge in [0.1, 0.15) is 0 Å². The molecule has 1 aromatic carbocycles. The Bertz CT molecular complexity index is 609. The van der Waals surface area contributed by atoms with Crippen molar-refractivity contribution in [3.05, 3.63) is 23.8 Å².